The second-order valence-corrected chi connectivity index (χ2v) is 5.59. The summed E-state index contributed by atoms with van der Waals surface area (Å²) < 4.78 is 10.5. The van der Waals surface area contributed by atoms with Gasteiger partial charge in [-0.2, -0.15) is 0 Å². The highest BCUT2D eigenvalue weighted by Crippen LogP contribution is 2.34. The molecule has 9 nitrogen and oxygen atoms in total. The second kappa shape index (κ2) is 7.73. The van der Waals surface area contributed by atoms with E-state index in [-0.39, 0.29) is 29.3 Å². The molecule has 0 fully saturated rings. The summed E-state index contributed by atoms with van der Waals surface area (Å²) in [5, 5.41) is 14.0. The van der Waals surface area contributed by atoms with E-state index in [1.54, 1.807) is 6.92 Å². The standard InChI is InChI=1S/C18H18N4O5/c1-3-27-16-9-14(22(24)25)11(8-15(16)26-2)18(23)19-10-17-20-12-6-4-5-7-13(12)21-17/h4-9H,3,10H2,1-2H3,(H,19,23)(H,20,21). The Kier molecular flexibility index (Phi) is 5.20. The first-order valence-electron chi connectivity index (χ1n) is 8.24. The van der Waals surface area contributed by atoms with Gasteiger partial charge >= 0.3 is 0 Å². The first kappa shape index (κ1) is 18.2. The van der Waals surface area contributed by atoms with Gasteiger partial charge in [-0.1, -0.05) is 12.1 Å². The fourth-order valence-corrected chi connectivity index (χ4v) is 2.66. The molecular formula is C18H18N4O5. The molecule has 27 heavy (non-hydrogen) atoms. The zero-order chi connectivity index (χ0) is 19.4. The van der Waals surface area contributed by atoms with Crippen molar-refractivity contribution >= 4 is 22.6 Å². The molecule has 3 aromatic rings. The van der Waals surface area contributed by atoms with Crippen LogP contribution in [0.1, 0.15) is 23.1 Å². The Morgan fingerprint density at radius 2 is 2.07 bits per heavy atom. The smallest absolute Gasteiger partial charge is 0.286 e. The van der Waals surface area contributed by atoms with Gasteiger partial charge in [-0.3, -0.25) is 14.9 Å². The highest BCUT2D eigenvalue weighted by Gasteiger charge is 2.24. The molecule has 1 heterocycles. The van der Waals surface area contributed by atoms with E-state index in [2.05, 4.69) is 15.3 Å². The van der Waals surface area contributed by atoms with Gasteiger partial charge in [-0.25, -0.2) is 4.98 Å². The topological polar surface area (TPSA) is 119 Å². The van der Waals surface area contributed by atoms with Crippen molar-refractivity contribution in [3.05, 3.63) is 57.9 Å². The number of ether oxygens (including phenoxy) is 2. The molecule has 0 saturated heterocycles. The van der Waals surface area contributed by atoms with Crippen molar-refractivity contribution < 1.29 is 19.2 Å². The molecule has 140 valence electrons. The van der Waals surface area contributed by atoms with Gasteiger partial charge in [-0.15, -0.1) is 0 Å². The summed E-state index contributed by atoms with van der Waals surface area (Å²) in [5.74, 6) is 0.394. The largest absolute Gasteiger partial charge is 0.493 e. The van der Waals surface area contributed by atoms with Crippen LogP contribution in [0.5, 0.6) is 11.5 Å². The van der Waals surface area contributed by atoms with Crippen LogP contribution >= 0.6 is 0 Å². The number of benzene rings is 2. The molecule has 0 saturated carbocycles. The summed E-state index contributed by atoms with van der Waals surface area (Å²) in [5.41, 5.74) is 1.14. The van der Waals surface area contributed by atoms with Gasteiger partial charge in [0.2, 0.25) is 0 Å². The number of nitrogens with zero attached hydrogens (tertiary/aromatic N) is 2. The van der Waals surface area contributed by atoms with Crippen LogP contribution in [0.4, 0.5) is 5.69 Å². The maximum absolute atomic E-state index is 12.5. The molecule has 0 atom stereocenters. The number of H-pyrrole nitrogens is 1. The molecule has 0 aliphatic rings. The van der Waals surface area contributed by atoms with Crippen LogP contribution in [0.15, 0.2) is 36.4 Å². The van der Waals surface area contributed by atoms with Crippen molar-refractivity contribution in [2.45, 2.75) is 13.5 Å². The van der Waals surface area contributed by atoms with Crippen molar-refractivity contribution in [3.8, 4) is 11.5 Å². The van der Waals surface area contributed by atoms with Gasteiger partial charge in [0, 0.05) is 6.07 Å². The average Bonchev–Trinajstić information content (AvgIpc) is 3.09. The predicted molar refractivity (Wildman–Crippen MR) is 98.1 cm³/mol. The van der Waals surface area contributed by atoms with Gasteiger partial charge in [-0.05, 0) is 19.1 Å². The minimum atomic E-state index is -0.627. The third-order valence-corrected chi connectivity index (χ3v) is 3.88. The van der Waals surface area contributed by atoms with Crippen molar-refractivity contribution in [2.75, 3.05) is 13.7 Å². The summed E-state index contributed by atoms with van der Waals surface area (Å²) in [6, 6.07) is 9.95. The van der Waals surface area contributed by atoms with Crippen LogP contribution in [0.3, 0.4) is 0 Å². The first-order chi connectivity index (χ1) is 13.0. The van der Waals surface area contributed by atoms with Gasteiger partial charge in [0.25, 0.3) is 11.6 Å². The van der Waals surface area contributed by atoms with Crippen molar-refractivity contribution in [2.24, 2.45) is 0 Å². The van der Waals surface area contributed by atoms with E-state index in [4.69, 9.17) is 9.47 Å². The lowest BCUT2D eigenvalue weighted by Crippen LogP contribution is -2.24. The van der Waals surface area contributed by atoms with E-state index >= 15 is 0 Å². The van der Waals surface area contributed by atoms with E-state index in [0.717, 1.165) is 11.0 Å². The Balaban J connectivity index is 1.85. The molecule has 0 aliphatic carbocycles. The second-order valence-electron chi connectivity index (χ2n) is 5.59. The number of imidazole rings is 1. The summed E-state index contributed by atoms with van der Waals surface area (Å²) in [7, 11) is 1.40. The van der Waals surface area contributed by atoms with Crippen LogP contribution in [0.2, 0.25) is 0 Å². The number of hydrogen-bond donors (Lipinski definition) is 2. The highest BCUT2D eigenvalue weighted by molar-refractivity contribution is 5.99. The fraction of sp³-hybridized carbons (Fsp3) is 0.222. The zero-order valence-electron chi connectivity index (χ0n) is 14.8. The Labute approximate surface area is 154 Å². The van der Waals surface area contributed by atoms with E-state index in [9.17, 15) is 14.9 Å². The fourth-order valence-electron chi connectivity index (χ4n) is 2.66. The lowest BCUT2D eigenvalue weighted by Gasteiger charge is -2.11. The number of methoxy groups -OCH3 is 1. The molecule has 0 bridgehead atoms. The number of aromatic amines is 1. The van der Waals surface area contributed by atoms with Gasteiger partial charge in [0.1, 0.15) is 11.4 Å². The number of nitro benzene ring substituents is 1. The minimum Gasteiger partial charge on any atom is -0.493 e. The van der Waals surface area contributed by atoms with Crippen LogP contribution in [0, 0.1) is 10.1 Å². The molecule has 0 aliphatic heterocycles. The molecular weight excluding hydrogens is 352 g/mol. The zero-order valence-corrected chi connectivity index (χ0v) is 14.8. The van der Waals surface area contributed by atoms with Crippen LogP contribution < -0.4 is 14.8 Å². The lowest BCUT2D eigenvalue weighted by molar-refractivity contribution is -0.385. The SMILES string of the molecule is CCOc1cc([N+](=O)[O-])c(C(=O)NCc2nc3ccccc3[nH]2)cc1OC. The van der Waals surface area contributed by atoms with E-state index in [1.165, 1.54) is 19.2 Å². The molecule has 2 aromatic carbocycles. The third-order valence-electron chi connectivity index (χ3n) is 3.88. The molecule has 1 aromatic heterocycles. The molecule has 3 rings (SSSR count). The first-order valence-corrected chi connectivity index (χ1v) is 8.24. The highest BCUT2D eigenvalue weighted by atomic mass is 16.6. The Morgan fingerprint density at radius 3 is 2.74 bits per heavy atom. The van der Waals surface area contributed by atoms with E-state index in [0.29, 0.717) is 12.4 Å². The maximum atomic E-state index is 12.5. The Bertz CT molecular complexity index is 966. The summed E-state index contributed by atoms with van der Waals surface area (Å²) >= 11 is 0. The summed E-state index contributed by atoms with van der Waals surface area (Å²) in [6.07, 6.45) is 0. The monoisotopic (exact) mass is 370 g/mol. The molecule has 1 amide bonds. The van der Waals surface area contributed by atoms with Crippen LogP contribution in [-0.2, 0) is 6.54 Å². The van der Waals surface area contributed by atoms with E-state index in [1.807, 2.05) is 24.3 Å². The quantitative estimate of drug-likeness (QED) is 0.487. The van der Waals surface area contributed by atoms with Gasteiger partial charge < -0.3 is 19.8 Å². The normalized spacial score (nSPS) is 10.6. The minimum absolute atomic E-state index is 0.0974. The lowest BCUT2D eigenvalue weighted by atomic mass is 10.1. The van der Waals surface area contributed by atoms with Crippen LogP contribution in [0.25, 0.3) is 11.0 Å². The number of nitrogens with one attached hydrogen (secondary N) is 2. The molecule has 0 unspecified atom stereocenters. The maximum Gasteiger partial charge on any atom is 0.286 e. The molecule has 2 N–H and O–H groups in total. The van der Waals surface area contributed by atoms with Crippen molar-refractivity contribution in [1.29, 1.82) is 0 Å². The third kappa shape index (κ3) is 3.81. The van der Waals surface area contributed by atoms with E-state index < -0.39 is 10.8 Å². The Hall–Kier alpha value is -3.62. The van der Waals surface area contributed by atoms with Gasteiger partial charge in [0.15, 0.2) is 11.5 Å². The number of aromatic nitrogens is 2. The molecule has 9 heteroatoms. The Morgan fingerprint density at radius 1 is 1.30 bits per heavy atom. The number of para-hydroxylation sites is 2. The van der Waals surface area contributed by atoms with Gasteiger partial charge in [0.05, 0.1) is 42.3 Å². The van der Waals surface area contributed by atoms with Crippen molar-refractivity contribution in [3.63, 3.8) is 0 Å². The number of carbonyl (C=O) groups is 1. The number of nitro groups is 1. The van der Waals surface area contributed by atoms with Crippen LogP contribution in [-0.4, -0.2) is 34.5 Å². The number of rotatable bonds is 7. The summed E-state index contributed by atoms with van der Waals surface area (Å²) in [4.78, 5) is 30.7. The summed E-state index contributed by atoms with van der Waals surface area (Å²) in [6.45, 7) is 2.16. The van der Waals surface area contributed by atoms with Crippen molar-refractivity contribution in [1.82, 2.24) is 15.3 Å². The number of amides is 1. The average molecular weight is 370 g/mol. The molecule has 0 spiro atoms. The predicted octanol–water partition coefficient (Wildman–Crippen LogP) is 2.81. The molecule has 0 radical (unpaired) electrons. The number of hydrogen-bond acceptors (Lipinski definition) is 6. The number of carbonyl (C=O) groups excluding carboxylic acids is 1. The number of fused-ring (bicyclic) bond motifs is 1.